The lowest BCUT2D eigenvalue weighted by atomic mass is 10.6. The molecular weight excluding hydrogens is 388 g/mol. The van der Waals surface area contributed by atoms with Gasteiger partial charge in [-0.1, -0.05) is 0 Å². The van der Waals surface area contributed by atoms with Gasteiger partial charge in [-0.15, -0.1) is 11.3 Å². The molecule has 0 amide bonds. The van der Waals surface area contributed by atoms with Crippen molar-refractivity contribution in [2.45, 2.75) is 0 Å². The number of methoxy groups -OCH3 is 1. The zero-order chi connectivity index (χ0) is 13.2. The van der Waals surface area contributed by atoms with Crippen molar-refractivity contribution >= 4 is 43.2 Å². The summed E-state index contributed by atoms with van der Waals surface area (Å²) >= 11 is 8.41. The average molecular weight is 404 g/mol. The van der Waals surface area contributed by atoms with Crippen molar-refractivity contribution in [1.82, 2.24) is 0 Å². The van der Waals surface area contributed by atoms with Crippen LogP contribution in [0.15, 0.2) is 13.6 Å². The molecule has 0 radical (unpaired) electrons. The molecule has 0 fully saturated rings. The van der Waals surface area contributed by atoms with Gasteiger partial charge >= 0.3 is 0 Å². The molecule has 0 saturated heterocycles. The van der Waals surface area contributed by atoms with Crippen LogP contribution >= 0.6 is 43.2 Å². The maximum Gasteiger partial charge on any atom is 0.145 e. The summed E-state index contributed by atoms with van der Waals surface area (Å²) in [7, 11) is 1.65. The van der Waals surface area contributed by atoms with Crippen LogP contribution in [0.1, 0.15) is 0 Å². The Morgan fingerprint density at radius 1 is 1.00 bits per heavy atom. The largest absolute Gasteiger partial charge is 0.489 e. The summed E-state index contributed by atoms with van der Waals surface area (Å²) in [5.41, 5.74) is 0. The molecule has 0 aliphatic heterocycles. The van der Waals surface area contributed by atoms with E-state index in [-0.39, 0.29) is 0 Å². The summed E-state index contributed by atoms with van der Waals surface area (Å²) in [6.07, 6.45) is 0. The molecule has 1 aromatic heterocycles. The molecule has 1 aromatic rings. The minimum Gasteiger partial charge on any atom is -0.489 e. The molecule has 0 spiro atoms. The minimum atomic E-state index is 0.528. The van der Waals surface area contributed by atoms with Gasteiger partial charge in [0.15, 0.2) is 0 Å². The van der Waals surface area contributed by atoms with Gasteiger partial charge in [0.2, 0.25) is 0 Å². The van der Waals surface area contributed by atoms with Crippen molar-refractivity contribution in [1.29, 1.82) is 0 Å². The highest BCUT2D eigenvalue weighted by Gasteiger charge is 2.05. The van der Waals surface area contributed by atoms with E-state index in [1.54, 1.807) is 18.4 Å². The molecule has 1 heterocycles. The van der Waals surface area contributed by atoms with E-state index < -0.39 is 0 Å². The Labute approximate surface area is 128 Å². The Balaban J connectivity index is 1.94. The standard InChI is InChI=1S/C11H16Br2O4S/c1-14-2-3-15-4-5-16-6-7-17-9-8-10(12)18-11(9)13/h8H,2-7H2,1H3. The molecular formula is C11H16Br2O4S. The van der Waals surface area contributed by atoms with Crippen molar-refractivity contribution in [2.75, 3.05) is 46.8 Å². The first kappa shape index (κ1) is 16.4. The fraction of sp³-hybridized carbons (Fsp3) is 0.636. The van der Waals surface area contributed by atoms with Gasteiger partial charge in [-0.05, 0) is 31.9 Å². The highest BCUT2D eigenvalue weighted by molar-refractivity contribution is 9.12. The molecule has 7 heteroatoms. The van der Waals surface area contributed by atoms with E-state index in [0.29, 0.717) is 39.6 Å². The predicted molar refractivity (Wildman–Crippen MR) is 78.7 cm³/mol. The fourth-order valence-electron chi connectivity index (χ4n) is 1.10. The lowest BCUT2D eigenvalue weighted by Crippen LogP contribution is -2.12. The normalized spacial score (nSPS) is 10.8. The first-order chi connectivity index (χ1) is 8.74. The van der Waals surface area contributed by atoms with E-state index in [2.05, 4.69) is 31.9 Å². The van der Waals surface area contributed by atoms with Gasteiger partial charge < -0.3 is 18.9 Å². The van der Waals surface area contributed by atoms with Crippen LogP contribution in [0.5, 0.6) is 5.75 Å². The summed E-state index contributed by atoms with van der Waals surface area (Å²) in [5.74, 6) is 0.840. The molecule has 0 atom stereocenters. The lowest BCUT2D eigenvalue weighted by Gasteiger charge is -2.06. The van der Waals surface area contributed by atoms with E-state index in [1.807, 2.05) is 6.07 Å². The maximum absolute atomic E-state index is 5.55. The smallest absolute Gasteiger partial charge is 0.145 e. The number of rotatable bonds is 10. The predicted octanol–water partition coefficient (Wildman–Crippen LogP) is 3.33. The highest BCUT2D eigenvalue weighted by Crippen LogP contribution is 2.37. The Morgan fingerprint density at radius 3 is 2.17 bits per heavy atom. The summed E-state index contributed by atoms with van der Waals surface area (Å²) < 4.78 is 23.1. The molecule has 0 saturated carbocycles. The van der Waals surface area contributed by atoms with Crippen LogP contribution < -0.4 is 4.74 Å². The van der Waals surface area contributed by atoms with Gasteiger partial charge in [0.25, 0.3) is 0 Å². The first-order valence-corrected chi connectivity index (χ1v) is 7.86. The topological polar surface area (TPSA) is 36.9 Å². The number of ether oxygens (including phenoxy) is 4. The third kappa shape index (κ3) is 7.06. The molecule has 0 aromatic carbocycles. The van der Waals surface area contributed by atoms with Crippen LogP contribution in [0, 0.1) is 0 Å². The van der Waals surface area contributed by atoms with Crippen molar-refractivity contribution in [3.63, 3.8) is 0 Å². The van der Waals surface area contributed by atoms with Crippen LogP contribution in [0.3, 0.4) is 0 Å². The summed E-state index contributed by atoms with van der Waals surface area (Å²) in [6, 6.07) is 1.93. The molecule has 1 rings (SSSR count). The summed E-state index contributed by atoms with van der Waals surface area (Å²) in [5, 5.41) is 0. The molecule has 0 unspecified atom stereocenters. The van der Waals surface area contributed by atoms with Crippen molar-refractivity contribution < 1.29 is 18.9 Å². The molecule has 0 aliphatic carbocycles. The van der Waals surface area contributed by atoms with E-state index in [0.717, 1.165) is 13.3 Å². The zero-order valence-electron chi connectivity index (χ0n) is 10.1. The Morgan fingerprint density at radius 2 is 1.61 bits per heavy atom. The van der Waals surface area contributed by atoms with Gasteiger partial charge in [0, 0.05) is 13.2 Å². The van der Waals surface area contributed by atoms with E-state index >= 15 is 0 Å². The van der Waals surface area contributed by atoms with E-state index in [1.165, 1.54) is 0 Å². The maximum atomic E-state index is 5.55. The number of halogens is 2. The molecule has 4 nitrogen and oxygen atoms in total. The van der Waals surface area contributed by atoms with Gasteiger partial charge in [-0.25, -0.2) is 0 Å². The van der Waals surface area contributed by atoms with Gasteiger partial charge in [-0.2, -0.15) is 0 Å². The van der Waals surface area contributed by atoms with Gasteiger partial charge in [-0.3, -0.25) is 0 Å². The Hall–Kier alpha value is 0.340. The van der Waals surface area contributed by atoms with Crippen molar-refractivity contribution in [3.05, 3.63) is 13.6 Å². The summed E-state index contributed by atoms with van der Waals surface area (Å²) in [6.45, 7) is 3.45. The first-order valence-electron chi connectivity index (χ1n) is 5.46. The number of hydrogen-bond acceptors (Lipinski definition) is 5. The molecule has 0 aliphatic rings. The SMILES string of the molecule is COCCOCCOCCOc1cc(Br)sc1Br. The third-order valence-corrected chi connectivity index (χ3v) is 4.20. The molecule has 18 heavy (non-hydrogen) atoms. The average Bonchev–Trinajstić information content (AvgIpc) is 2.66. The zero-order valence-corrected chi connectivity index (χ0v) is 14.1. The molecule has 104 valence electrons. The van der Waals surface area contributed by atoms with Gasteiger partial charge in [0.1, 0.15) is 16.1 Å². The van der Waals surface area contributed by atoms with Crippen LogP contribution in [0.4, 0.5) is 0 Å². The van der Waals surface area contributed by atoms with Crippen molar-refractivity contribution in [3.8, 4) is 5.75 Å². The summed E-state index contributed by atoms with van der Waals surface area (Å²) in [4.78, 5) is 0. The second kappa shape index (κ2) is 10.2. The second-order valence-electron chi connectivity index (χ2n) is 3.25. The fourth-order valence-corrected chi connectivity index (χ4v) is 3.75. The highest BCUT2D eigenvalue weighted by atomic mass is 79.9. The van der Waals surface area contributed by atoms with Crippen LogP contribution in [-0.2, 0) is 14.2 Å². The van der Waals surface area contributed by atoms with Crippen molar-refractivity contribution in [2.24, 2.45) is 0 Å². The Bertz CT molecular complexity index is 333. The van der Waals surface area contributed by atoms with Crippen LogP contribution in [0.25, 0.3) is 0 Å². The van der Waals surface area contributed by atoms with Gasteiger partial charge in [0.05, 0.1) is 36.8 Å². The monoisotopic (exact) mass is 402 g/mol. The second-order valence-corrected chi connectivity index (χ2v) is 7.00. The van der Waals surface area contributed by atoms with E-state index in [4.69, 9.17) is 18.9 Å². The number of thiophene rings is 1. The molecule has 0 N–H and O–H groups in total. The lowest BCUT2D eigenvalue weighted by molar-refractivity contribution is 0.0179. The minimum absolute atomic E-state index is 0.528. The number of hydrogen-bond donors (Lipinski definition) is 0. The van der Waals surface area contributed by atoms with Crippen LogP contribution in [-0.4, -0.2) is 46.8 Å². The Kier molecular flexibility index (Phi) is 9.26. The van der Waals surface area contributed by atoms with Crippen LogP contribution in [0.2, 0.25) is 0 Å². The quantitative estimate of drug-likeness (QED) is 0.561. The third-order valence-electron chi connectivity index (χ3n) is 1.91. The van der Waals surface area contributed by atoms with E-state index in [9.17, 15) is 0 Å². The molecule has 0 bridgehead atoms.